The van der Waals surface area contributed by atoms with Gasteiger partial charge in [0.05, 0.1) is 5.97 Å². The maximum Gasteiger partial charge on any atom is 1.00 e. The monoisotopic (exact) mass is 203 g/mol. The van der Waals surface area contributed by atoms with Gasteiger partial charge in [-0.1, -0.05) is 0 Å². The molecule has 0 heterocycles. The maximum absolute atomic E-state index is 10.2. The molecule has 0 fully saturated rings. The first-order valence-corrected chi connectivity index (χ1v) is 2.48. The molecular formula is C4H6KNO6. The number of hydrogen-bond donors (Lipinski definition) is 3. The Morgan fingerprint density at radius 1 is 1.33 bits per heavy atom. The quantitative estimate of drug-likeness (QED) is 0.306. The molecule has 0 spiro atoms. The Bertz CT molecular complexity index is 173. The van der Waals surface area contributed by atoms with Crippen molar-refractivity contribution in [3.63, 3.8) is 0 Å². The fourth-order valence-electron chi connectivity index (χ4n) is 0.328. The fourth-order valence-corrected chi connectivity index (χ4v) is 0.328. The van der Waals surface area contributed by atoms with Gasteiger partial charge >= 0.3 is 57.4 Å². The van der Waals surface area contributed by atoms with Gasteiger partial charge in [-0.2, -0.15) is 5.90 Å². The summed E-state index contributed by atoms with van der Waals surface area (Å²) in [6.45, 7) is 0. The van der Waals surface area contributed by atoms with Gasteiger partial charge in [0, 0.05) is 0 Å². The predicted octanol–water partition coefficient (Wildman–Crippen LogP) is -7.12. The normalized spacial score (nSPS) is 13.9. The minimum atomic E-state index is -2.33. The summed E-state index contributed by atoms with van der Waals surface area (Å²) in [6.07, 6.45) is -4.55. The third-order valence-electron chi connectivity index (χ3n) is 0.898. The van der Waals surface area contributed by atoms with Gasteiger partial charge in [-0.15, -0.1) is 0 Å². The molecule has 0 rings (SSSR count). The van der Waals surface area contributed by atoms with Crippen molar-refractivity contribution in [2.75, 3.05) is 0 Å². The summed E-state index contributed by atoms with van der Waals surface area (Å²) in [7, 11) is 0. The van der Waals surface area contributed by atoms with E-state index < -0.39 is 24.1 Å². The van der Waals surface area contributed by atoms with Crippen LogP contribution in [0.25, 0.3) is 0 Å². The second-order valence-electron chi connectivity index (χ2n) is 1.65. The van der Waals surface area contributed by atoms with Gasteiger partial charge in [-0.25, -0.2) is 4.79 Å². The van der Waals surface area contributed by atoms with Gasteiger partial charge in [-0.05, 0) is 0 Å². The van der Waals surface area contributed by atoms with Crippen LogP contribution in [0.3, 0.4) is 0 Å². The minimum absolute atomic E-state index is 0. The molecule has 0 amide bonds. The molecule has 0 aliphatic heterocycles. The Morgan fingerprint density at radius 2 is 1.75 bits per heavy atom. The van der Waals surface area contributed by atoms with E-state index in [1.54, 1.807) is 0 Å². The van der Waals surface area contributed by atoms with Gasteiger partial charge in [-0.3, -0.25) is 0 Å². The Balaban J connectivity index is 0. The van der Waals surface area contributed by atoms with Crippen molar-refractivity contribution in [2.45, 2.75) is 12.2 Å². The van der Waals surface area contributed by atoms with Crippen molar-refractivity contribution in [1.29, 1.82) is 0 Å². The molecule has 0 aromatic heterocycles. The van der Waals surface area contributed by atoms with E-state index in [-0.39, 0.29) is 51.4 Å². The summed E-state index contributed by atoms with van der Waals surface area (Å²) in [5, 5.41) is 26.8. The Kier molecular flexibility index (Phi) is 8.62. The summed E-state index contributed by atoms with van der Waals surface area (Å²) in [6, 6.07) is 0. The van der Waals surface area contributed by atoms with E-state index in [0.717, 1.165) is 0 Å². The van der Waals surface area contributed by atoms with Crippen LogP contribution >= 0.6 is 0 Å². The molecule has 0 aromatic rings. The van der Waals surface area contributed by atoms with Crippen LogP contribution in [0.5, 0.6) is 0 Å². The third kappa shape index (κ3) is 4.47. The molecule has 8 heteroatoms. The fraction of sp³-hybridized carbons (Fsp3) is 0.500. The molecule has 0 bridgehead atoms. The number of carbonyl (C=O) groups excluding carboxylic acids is 2. The minimum Gasteiger partial charge on any atom is -0.547 e. The predicted molar refractivity (Wildman–Crippen MR) is 27.3 cm³/mol. The molecular weight excluding hydrogens is 197 g/mol. The second kappa shape index (κ2) is 6.92. The van der Waals surface area contributed by atoms with Crippen molar-refractivity contribution >= 4 is 11.9 Å². The molecule has 2 atom stereocenters. The first kappa shape index (κ1) is 15.0. The number of carbonyl (C=O) groups is 2. The number of nitrogens with two attached hydrogens (primary N) is 1. The van der Waals surface area contributed by atoms with Gasteiger partial charge in [0.1, 0.15) is 6.10 Å². The number of rotatable bonds is 3. The smallest absolute Gasteiger partial charge is 0.547 e. The molecule has 0 saturated heterocycles. The number of carboxylic acid groups (broad SMARTS) is 1. The van der Waals surface area contributed by atoms with Crippen molar-refractivity contribution in [3.05, 3.63) is 0 Å². The summed E-state index contributed by atoms with van der Waals surface area (Å²) < 4.78 is 0. The number of aliphatic hydroxyl groups excluding tert-OH is 2. The van der Waals surface area contributed by atoms with Crippen LogP contribution in [0.1, 0.15) is 0 Å². The molecule has 4 N–H and O–H groups in total. The van der Waals surface area contributed by atoms with Gasteiger partial charge < -0.3 is 25.0 Å². The standard InChI is InChI=1S/C4H7NO6.K/c5-11-4(10)2(7)1(6)3(8)9;/h1-2,6-7H,5H2,(H,8,9);/q;+1/p-1. The van der Waals surface area contributed by atoms with Gasteiger partial charge in [0.2, 0.25) is 0 Å². The van der Waals surface area contributed by atoms with E-state index >= 15 is 0 Å². The average Bonchev–Trinajstić information content (AvgIpc) is 2.00. The van der Waals surface area contributed by atoms with E-state index in [1.165, 1.54) is 0 Å². The first-order chi connectivity index (χ1) is 5.00. The van der Waals surface area contributed by atoms with E-state index in [1.807, 2.05) is 0 Å². The van der Waals surface area contributed by atoms with Crippen molar-refractivity contribution < 1.29 is 81.1 Å². The third-order valence-corrected chi connectivity index (χ3v) is 0.898. The molecule has 0 aliphatic rings. The Hall–Kier alpha value is 0.456. The Labute approximate surface area is 110 Å². The van der Waals surface area contributed by atoms with Crippen LogP contribution in [-0.2, 0) is 14.4 Å². The van der Waals surface area contributed by atoms with E-state index in [2.05, 4.69) is 10.7 Å². The van der Waals surface area contributed by atoms with Crippen LogP contribution in [0.4, 0.5) is 0 Å². The summed E-state index contributed by atoms with van der Waals surface area (Å²) >= 11 is 0. The van der Waals surface area contributed by atoms with Crippen LogP contribution in [0, 0.1) is 0 Å². The van der Waals surface area contributed by atoms with E-state index in [0.29, 0.717) is 0 Å². The average molecular weight is 203 g/mol. The number of carboxylic acids is 1. The van der Waals surface area contributed by atoms with Crippen LogP contribution < -0.4 is 62.4 Å². The van der Waals surface area contributed by atoms with Crippen molar-refractivity contribution in [1.82, 2.24) is 0 Å². The molecule has 0 saturated carbocycles. The second-order valence-corrected chi connectivity index (χ2v) is 1.65. The molecule has 7 nitrogen and oxygen atoms in total. The number of aliphatic carboxylic acids is 1. The van der Waals surface area contributed by atoms with Gasteiger partial charge in [0.25, 0.3) is 0 Å². The zero-order chi connectivity index (χ0) is 9.02. The van der Waals surface area contributed by atoms with Crippen molar-refractivity contribution in [2.24, 2.45) is 5.90 Å². The van der Waals surface area contributed by atoms with Crippen LogP contribution in [0.15, 0.2) is 0 Å². The summed E-state index contributed by atoms with van der Waals surface area (Å²) in [4.78, 5) is 23.4. The zero-order valence-corrected chi connectivity index (χ0v) is 9.38. The molecule has 0 aromatic carbocycles. The van der Waals surface area contributed by atoms with Crippen LogP contribution in [0.2, 0.25) is 0 Å². The maximum atomic E-state index is 10.2. The molecule has 0 aliphatic carbocycles. The summed E-state index contributed by atoms with van der Waals surface area (Å²) in [5.74, 6) is 0.851. The topological polar surface area (TPSA) is 133 Å². The summed E-state index contributed by atoms with van der Waals surface area (Å²) in [5.41, 5.74) is 0. The Morgan fingerprint density at radius 3 is 2.00 bits per heavy atom. The van der Waals surface area contributed by atoms with Crippen LogP contribution in [-0.4, -0.2) is 34.4 Å². The molecule has 64 valence electrons. The first-order valence-electron chi connectivity index (χ1n) is 2.48. The SMILES string of the molecule is NOC(=O)C(O)C(O)C(=O)[O-].[K+]. The number of hydrogen-bond acceptors (Lipinski definition) is 7. The molecule has 0 radical (unpaired) electrons. The van der Waals surface area contributed by atoms with Crippen molar-refractivity contribution in [3.8, 4) is 0 Å². The van der Waals surface area contributed by atoms with Gasteiger partial charge in [0.15, 0.2) is 6.10 Å². The zero-order valence-electron chi connectivity index (χ0n) is 6.26. The largest absolute Gasteiger partial charge is 1.00 e. The van der Waals surface area contributed by atoms with E-state index in [4.69, 9.17) is 10.2 Å². The molecule has 2 unspecified atom stereocenters. The molecule has 12 heavy (non-hydrogen) atoms. The number of aliphatic hydroxyl groups is 2. The van der Waals surface area contributed by atoms with E-state index in [9.17, 15) is 14.7 Å².